The average Bonchev–Trinajstić information content (AvgIpc) is 2.42. The van der Waals surface area contributed by atoms with Crippen molar-refractivity contribution < 1.29 is 15.0 Å². The largest absolute Gasteiger partial charge is 0.508 e. The summed E-state index contributed by atoms with van der Waals surface area (Å²) >= 11 is 0. The Morgan fingerprint density at radius 3 is 2.86 bits per heavy atom. The van der Waals surface area contributed by atoms with Crippen LogP contribution in [0.5, 0.6) is 5.75 Å². The summed E-state index contributed by atoms with van der Waals surface area (Å²) < 4.78 is 0. The van der Waals surface area contributed by atoms with E-state index in [4.69, 9.17) is 10.8 Å². The molecule has 0 amide bonds. The molecule has 1 aliphatic rings. The number of carboxylic acids is 1. The maximum atomic E-state index is 10.9. The molecule has 4 N–H and O–H groups in total. The van der Waals surface area contributed by atoms with Gasteiger partial charge in [0.2, 0.25) is 0 Å². The molecule has 2 unspecified atom stereocenters. The Kier molecular flexibility index (Phi) is 1.93. The van der Waals surface area contributed by atoms with Crippen LogP contribution >= 0.6 is 0 Å². The molecule has 1 aliphatic carbocycles. The van der Waals surface area contributed by atoms with Crippen LogP contribution in [-0.4, -0.2) is 22.2 Å². The highest BCUT2D eigenvalue weighted by atomic mass is 16.4. The molecular formula is C10H11NO3. The third-order valence-corrected chi connectivity index (χ3v) is 2.63. The minimum Gasteiger partial charge on any atom is -0.508 e. The molecule has 2 rings (SSSR count). The topological polar surface area (TPSA) is 83.5 Å². The van der Waals surface area contributed by atoms with E-state index in [0.29, 0.717) is 12.0 Å². The zero-order valence-electron chi connectivity index (χ0n) is 7.47. The van der Waals surface area contributed by atoms with Crippen molar-refractivity contribution in [3.05, 3.63) is 29.3 Å². The first-order valence-electron chi connectivity index (χ1n) is 4.40. The highest BCUT2D eigenvalue weighted by Gasteiger charge is 2.37. The molecule has 0 fully saturated rings. The van der Waals surface area contributed by atoms with Gasteiger partial charge in [-0.1, -0.05) is 12.1 Å². The fourth-order valence-corrected chi connectivity index (χ4v) is 2.03. The van der Waals surface area contributed by atoms with Crippen molar-refractivity contribution in [3.8, 4) is 5.75 Å². The Hall–Kier alpha value is -1.55. The van der Waals surface area contributed by atoms with Gasteiger partial charge in [-0.15, -0.1) is 0 Å². The number of fused-ring (bicyclic) bond motifs is 1. The predicted octanol–water partition coefficient (Wildman–Crippen LogP) is 0.444. The highest BCUT2D eigenvalue weighted by molar-refractivity contribution is 5.80. The van der Waals surface area contributed by atoms with Crippen molar-refractivity contribution in [2.75, 3.05) is 0 Å². The summed E-state index contributed by atoms with van der Waals surface area (Å²) in [6.07, 6.45) is 0.515. The van der Waals surface area contributed by atoms with E-state index in [1.54, 1.807) is 12.1 Å². The fraction of sp³-hybridized carbons (Fsp3) is 0.300. The van der Waals surface area contributed by atoms with E-state index in [0.717, 1.165) is 5.56 Å². The van der Waals surface area contributed by atoms with Crippen molar-refractivity contribution >= 4 is 5.97 Å². The van der Waals surface area contributed by atoms with E-state index in [9.17, 15) is 9.90 Å². The molecule has 0 aromatic heterocycles. The van der Waals surface area contributed by atoms with Crippen LogP contribution in [0.15, 0.2) is 18.2 Å². The van der Waals surface area contributed by atoms with E-state index in [1.165, 1.54) is 6.07 Å². The van der Waals surface area contributed by atoms with E-state index < -0.39 is 17.9 Å². The quantitative estimate of drug-likeness (QED) is 0.604. The number of hydrogen-bond donors (Lipinski definition) is 3. The lowest BCUT2D eigenvalue weighted by atomic mass is 9.98. The third kappa shape index (κ3) is 1.15. The van der Waals surface area contributed by atoms with Gasteiger partial charge in [0.25, 0.3) is 0 Å². The Morgan fingerprint density at radius 2 is 2.21 bits per heavy atom. The van der Waals surface area contributed by atoms with Crippen molar-refractivity contribution in [3.63, 3.8) is 0 Å². The SMILES string of the molecule is NC1Cc2cccc(O)c2C1C(=O)O. The van der Waals surface area contributed by atoms with Crippen LogP contribution in [0.1, 0.15) is 17.0 Å². The monoisotopic (exact) mass is 193 g/mol. The number of phenolic OH excluding ortho intramolecular Hbond substituents is 1. The summed E-state index contributed by atoms with van der Waals surface area (Å²) in [4.78, 5) is 10.9. The number of benzene rings is 1. The molecule has 2 atom stereocenters. The lowest BCUT2D eigenvalue weighted by molar-refractivity contribution is -0.139. The number of nitrogens with two attached hydrogens (primary N) is 1. The van der Waals surface area contributed by atoms with Crippen molar-refractivity contribution in [1.29, 1.82) is 0 Å². The maximum absolute atomic E-state index is 10.9. The molecule has 14 heavy (non-hydrogen) atoms. The van der Waals surface area contributed by atoms with Crippen LogP contribution in [0.4, 0.5) is 0 Å². The number of carbonyl (C=O) groups is 1. The van der Waals surface area contributed by atoms with Crippen molar-refractivity contribution in [1.82, 2.24) is 0 Å². The lowest BCUT2D eigenvalue weighted by Crippen LogP contribution is -2.30. The smallest absolute Gasteiger partial charge is 0.312 e. The van der Waals surface area contributed by atoms with Crippen molar-refractivity contribution in [2.45, 2.75) is 18.4 Å². The molecule has 0 radical (unpaired) electrons. The van der Waals surface area contributed by atoms with Crippen LogP contribution in [0.25, 0.3) is 0 Å². The van der Waals surface area contributed by atoms with Gasteiger partial charge in [-0.05, 0) is 18.1 Å². The standard InChI is InChI=1S/C10H11NO3/c11-6-4-5-2-1-3-7(12)8(5)9(6)10(13)14/h1-3,6,9,12H,4,11H2,(H,13,14). The lowest BCUT2D eigenvalue weighted by Gasteiger charge is -2.11. The van der Waals surface area contributed by atoms with Gasteiger partial charge in [-0.2, -0.15) is 0 Å². The first-order chi connectivity index (χ1) is 6.61. The van der Waals surface area contributed by atoms with Crippen molar-refractivity contribution in [2.24, 2.45) is 5.73 Å². The van der Waals surface area contributed by atoms with E-state index >= 15 is 0 Å². The first-order valence-corrected chi connectivity index (χ1v) is 4.40. The Balaban J connectivity index is 2.55. The molecule has 0 spiro atoms. The van der Waals surface area contributed by atoms with Crippen LogP contribution in [-0.2, 0) is 11.2 Å². The number of aromatic hydroxyl groups is 1. The summed E-state index contributed by atoms with van der Waals surface area (Å²) in [5.74, 6) is -1.72. The van der Waals surface area contributed by atoms with Gasteiger partial charge in [-0.25, -0.2) is 0 Å². The molecule has 4 nitrogen and oxygen atoms in total. The Morgan fingerprint density at radius 1 is 1.50 bits per heavy atom. The Bertz CT molecular complexity index is 389. The van der Waals surface area contributed by atoms with Gasteiger partial charge in [0.15, 0.2) is 0 Å². The van der Waals surface area contributed by atoms with E-state index in [-0.39, 0.29) is 5.75 Å². The summed E-state index contributed by atoms with van der Waals surface area (Å²) in [6.45, 7) is 0. The average molecular weight is 193 g/mol. The highest BCUT2D eigenvalue weighted by Crippen LogP contribution is 2.38. The molecule has 0 saturated heterocycles. The van der Waals surface area contributed by atoms with Crippen LogP contribution in [0.2, 0.25) is 0 Å². The third-order valence-electron chi connectivity index (χ3n) is 2.63. The van der Waals surface area contributed by atoms with Gasteiger partial charge in [-0.3, -0.25) is 4.79 Å². The van der Waals surface area contributed by atoms with Gasteiger partial charge in [0.05, 0.1) is 0 Å². The summed E-state index contributed by atoms with van der Waals surface area (Å²) in [5.41, 5.74) is 7.02. The van der Waals surface area contributed by atoms with E-state index in [2.05, 4.69) is 0 Å². The molecule has 0 saturated carbocycles. The first kappa shape index (κ1) is 9.02. The molecule has 0 heterocycles. The molecule has 0 bridgehead atoms. The zero-order valence-corrected chi connectivity index (χ0v) is 7.47. The Labute approximate surface area is 81.0 Å². The molecule has 4 heteroatoms. The van der Waals surface area contributed by atoms with Gasteiger partial charge in [0.1, 0.15) is 11.7 Å². The molecule has 1 aromatic carbocycles. The van der Waals surface area contributed by atoms with E-state index in [1.807, 2.05) is 0 Å². The van der Waals surface area contributed by atoms with Crippen LogP contribution < -0.4 is 5.73 Å². The summed E-state index contributed by atoms with van der Waals surface area (Å²) in [7, 11) is 0. The minimum atomic E-state index is -0.974. The molecule has 74 valence electrons. The summed E-state index contributed by atoms with van der Waals surface area (Å²) in [6, 6.07) is 4.56. The van der Waals surface area contributed by atoms with Crippen LogP contribution in [0.3, 0.4) is 0 Å². The summed E-state index contributed by atoms with van der Waals surface area (Å²) in [5, 5.41) is 18.5. The minimum absolute atomic E-state index is 0.0304. The fourth-order valence-electron chi connectivity index (χ4n) is 2.03. The molecular weight excluding hydrogens is 182 g/mol. The molecule has 0 aliphatic heterocycles. The van der Waals surface area contributed by atoms with Crippen LogP contribution in [0, 0.1) is 0 Å². The zero-order chi connectivity index (χ0) is 10.3. The predicted molar refractivity (Wildman–Crippen MR) is 50.2 cm³/mol. The number of carboxylic acid groups (broad SMARTS) is 1. The second-order valence-electron chi connectivity index (χ2n) is 3.53. The number of rotatable bonds is 1. The normalized spacial score (nSPS) is 24.6. The van der Waals surface area contributed by atoms with Gasteiger partial charge in [0, 0.05) is 11.6 Å². The molecule has 1 aromatic rings. The second kappa shape index (κ2) is 2.99. The number of aliphatic carboxylic acids is 1. The maximum Gasteiger partial charge on any atom is 0.312 e. The number of hydrogen-bond acceptors (Lipinski definition) is 3. The van der Waals surface area contributed by atoms with Gasteiger partial charge < -0.3 is 15.9 Å². The number of phenols is 1. The second-order valence-corrected chi connectivity index (χ2v) is 3.53. The van der Waals surface area contributed by atoms with Gasteiger partial charge >= 0.3 is 5.97 Å².